The maximum absolute atomic E-state index is 13.4. The second-order valence-electron chi connectivity index (χ2n) is 5.03. The molecule has 1 N–H and O–H groups in total. The Labute approximate surface area is 123 Å². The summed E-state index contributed by atoms with van der Waals surface area (Å²) in [6.45, 7) is 1.48. The highest BCUT2D eigenvalue weighted by Crippen LogP contribution is 2.20. The maximum Gasteiger partial charge on any atom is 0.310 e. The summed E-state index contributed by atoms with van der Waals surface area (Å²) in [5, 5.41) is 2.41. The SMILES string of the molecule is C[C@H](OC(=O)[C@@H]1CC=CCC1)C(=O)Nc1ccccc1F. The molecule has 0 spiro atoms. The number of ether oxygens (including phenoxy) is 1. The van der Waals surface area contributed by atoms with Crippen LogP contribution in [0.3, 0.4) is 0 Å². The molecule has 1 aromatic rings. The topological polar surface area (TPSA) is 55.4 Å². The Morgan fingerprint density at radius 3 is 2.76 bits per heavy atom. The van der Waals surface area contributed by atoms with Crippen LogP contribution in [0.5, 0.6) is 0 Å². The summed E-state index contributed by atoms with van der Waals surface area (Å²) in [6.07, 6.45) is 5.23. The van der Waals surface area contributed by atoms with Crippen molar-refractivity contribution in [2.75, 3.05) is 5.32 Å². The van der Waals surface area contributed by atoms with E-state index in [0.717, 1.165) is 12.8 Å². The third-order valence-corrected chi connectivity index (χ3v) is 3.40. The normalized spacial score (nSPS) is 18.9. The fraction of sp³-hybridized carbons (Fsp3) is 0.375. The lowest BCUT2D eigenvalue weighted by Crippen LogP contribution is -2.32. The molecule has 1 aliphatic rings. The van der Waals surface area contributed by atoms with Crippen LogP contribution >= 0.6 is 0 Å². The van der Waals surface area contributed by atoms with E-state index in [-0.39, 0.29) is 17.6 Å². The van der Waals surface area contributed by atoms with Crippen LogP contribution in [0, 0.1) is 11.7 Å². The molecule has 5 heteroatoms. The van der Waals surface area contributed by atoms with E-state index in [0.29, 0.717) is 6.42 Å². The smallest absolute Gasteiger partial charge is 0.310 e. The van der Waals surface area contributed by atoms with Crippen molar-refractivity contribution in [1.29, 1.82) is 0 Å². The molecule has 0 aromatic heterocycles. The van der Waals surface area contributed by atoms with Gasteiger partial charge in [-0.15, -0.1) is 0 Å². The molecule has 2 atom stereocenters. The minimum Gasteiger partial charge on any atom is -0.452 e. The maximum atomic E-state index is 13.4. The fourth-order valence-electron chi connectivity index (χ4n) is 2.13. The van der Waals surface area contributed by atoms with E-state index in [9.17, 15) is 14.0 Å². The lowest BCUT2D eigenvalue weighted by Gasteiger charge is -2.19. The molecule has 4 nitrogen and oxygen atoms in total. The van der Waals surface area contributed by atoms with Crippen LogP contribution in [0.25, 0.3) is 0 Å². The summed E-state index contributed by atoms with van der Waals surface area (Å²) in [4.78, 5) is 23.8. The fourth-order valence-corrected chi connectivity index (χ4v) is 2.13. The van der Waals surface area contributed by atoms with Gasteiger partial charge in [0.25, 0.3) is 5.91 Å². The van der Waals surface area contributed by atoms with Crippen LogP contribution in [0.4, 0.5) is 10.1 Å². The van der Waals surface area contributed by atoms with E-state index >= 15 is 0 Å². The first-order valence-corrected chi connectivity index (χ1v) is 6.99. The number of amides is 1. The van der Waals surface area contributed by atoms with Crippen molar-refractivity contribution in [3.8, 4) is 0 Å². The summed E-state index contributed by atoms with van der Waals surface area (Å²) in [5.74, 6) is -1.64. The van der Waals surface area contributed by atoms with E-state index in [4.69, 9.17) is 4.74 Å². The van der Waals surface area contributed by atoms with Gasteiger partial charge in [0, 0.05) is 0 Å². The molecule has 0 unspecified atom stereocenters. The number of allylic oxidation sites excluding steroid dienone is 2. The Morgan fingerprint density at radius 2 is 2.10 bits per heavy atom. The number of carbonyl (C=O) groups is 2. The first kappa shape index (κ1) is 15.2. The molecule has 1 amide bonds. The van der Waals surface area contributed by atoms with E-state index in [2.05, 4.69) is 5.32 Å². The average molecular weight is 291 g/mol. The molecule has 0 saturated heterocycles. The molecule has 2 rings (SSSR count). The zero-order chi connectivity index (χ0) is 15.2. The van der Waals surface area contributed by atoms with Crippen molar-refractivity contribution in [2.45, 2.75) is 32.3 Å². The highest BCUT2D eigenvalue weighted by molar-refractivity contribution is 5.95. The minimum absolute atomic E-state index is 0.0750. The first-order chi connectivity index (χ1) is 10.1. The molecule has 0 aliphatic heterocycles. The number of rotatable bonds is 4. The number of esters is 1. The molecule has 1 aliphatic carbocycles. The van der Waals surface area contributed by atoms with Crippen molar-refractivity contribution >= 4 is 17.6 Å². The number of anilines is 1. The molecular weight excluding hydrogens is 273 g/mol. The van der Waals surface area contributed by atoms with Gasteiger partial charge in [0.1, 0.15) is 5.82 Å². The van der Waals surface area contributed by atoms with E-state index in [1.807, 2.05) is 12.2 Å². The average Bonchev–Trinajstić information content (AvgIpc) is 2.50. The van der Waals surface area contributed by atoms with Crippen LogP contribution < -0.4 is 5.32 Å². The van der Waals surface area contributed by atoms with Crippen molar-refractivity contribution in [2.24, 2.45) is 5.92 Å². The predicted molar refractivity (Wildman–Crippen MR) is 77.1 cm³/mol. The number of carbonyl (C=O) groups excluding carboxylic acids is 2. The predicted octanol–water partition coefficient (Wildman–Crippen LogP) is 3.05. The first-order valence-electron chi connectivity index (χ1n) is 6.99. The molecule has 0 fully saturated rings. The van der Waals surface area contributed by atoms with Crippen molar-refractivity contribution in [3.05, 3.63) is 42.2 Å². The number of halogens is 1. The molecule has 0 radical (unpaired) electrons. The number of nitrogens with one attached hydrogen (secondary N) is 1. The second-order valence-corrected chi connectivity index (χ2v) is 5.03. The standard InChI is InChI=1S/C16H18FNO3/c1-11(21-16(20)12-7-3-2-4-8-12)15(19)18-14-10-6-5-9-13(14)17/h2-3,5-6,9-12H,4,7-8H2,1H3,(H,18,19)/t11-,12+/m0/s1. The Hall–Kier alpha value is -2.17. The molecule has 21 heavy (non-hydrogen) atoms. The van der Waals surface area contributed by atoms with Gasteiger partial charge in [-0.1, -0.05) is 24.3 Å². The third kappa shape index (κ3) is 4.15. The summed E-state index contributed by atoms with van der Waals surface area (Å²) in [5.41, 5.74) is 0.0750. The van der Waals surface area contributed by atoms with Crippen molar-refractivity contribution in [1.82, 2.24) is 0 Å². The van der Waals surface area contributed by atoms with Gasteiger partial charge in [0.2, 0.25) is 0 Å². The van der Waals surface area contributed by atoms with Gasteiger partial charge in [-0.05, 0) is 38.3 Å². The van der Waals surface area contributed by atoms with Gasteiger partial charge in [0.15, 0.2) is 6.10 Å². The van der Waals surface area contributed by atoms with Crippen molar-refractivity contribution < 1.29 is 18.7 Å². The number of hydrogen-bond donors (Lipinski definition) is 1. The quantitative estimate of drug-likeness (QED) is 0.685. The zero-order valence-corrected chi connectivity index (χ0v) is 11.8. The van der Waals surface area contributed by atoms with Gasteiger partial charge in [-0.25, -0.2) is 4.39 Å². The number of benzene rings is 1. The van der Waals surface area contributed by atoms with Crippen molar-refractivity contribution in [3.63, 3.8) is 0 Å². The molecule has 0 bridgehead atoms. The summed E-state index contributed by atoms with van der Waals surface area (Å²) >= 11 is 0. The Morgan fingerprint density at radius 1 is 1.33 bits per heavy atom. The summed E-state index contributed by atoms with van der Waals surface area (Å²) in [7, 11) is 0. The third-order valence-electron chi connectivity index (χ3n) is 3.40. The Kier molecular flexibility index (Phi) is 5.09. The van der Waals surface area contributed by atoms with Gasteiger partial charge in [0.05, 0.1) is 11.6 Å². The largest absolute Gasteiger partial charge is 0.452 e. The van der Waals surface area contributed by atoms with Crippen LogP contribution in [0.1, 0.15) is 26.2 Å². The Balaban J connectivity index is 1.89. The monoisotopic (exact) mass is 291 g/mol. The van der Waals surface area contributed by atoms with Gasteiger partial charge >= 0.3 is 5.97 Å². The minimum atomic E-state index is -0.956. The summed E-state index contributed by atoms with van der Waals surface area (Å²) < 4.78 is 18.6. The van der Waals surface area contributed by atoms with E-state index in [1.165, 1.54) is 25.1 Å². The molecular formula is C16H18FNO3. The van der Waals surface area contributed by atoms with E-state index < -0.39 is 17.8 Å². The lowest BCUT2D eigenvalue weighted by atomic mass is 9.95. The molecule has 1 aromatic carbocycles. The van der Waals surface area contributed by atoms with Gasteiger partial charge < -0.3 is 10.1 Å². The van der Waals surface area contributed by atoms with Gasteiger partial charge in [-0.3, -0.25) is 9.59 Å². The van der Waals surface area contributed by atoms with Crippen LogP contribution in [0.2, 0.25) is 0 Å². The van der Waals surface area contributed by atoms with Crippen LogP contribution in [-0.2, 0) is 14.3 Å². The van der Waals surface area contributed by atoms with Crippen LogP contribution in [0.15, 0.2) is 36.4 Å². The molecule has 0 saturated carbocycles. The van der Waals surface area contributed by atoms with Crippen LogP contribution in [-0.4, -0.2) is 18.0 Å². The number of hydrogen-bond acceptors (Lipinski definition) is 3. The van der Waals surface area contributed by atoms with Gasteiger partial charge in [-0.2, -0.15) is 0 Å². The Bertz CT molecular complexity index is 556. The van der Waals surface area contributed by atoms with E-state index in [1.54, 1.807) is 6.07 Å². The summed E-state index contributed by atoms with van der Waals surface area (Å²) in [6, 6.07) is 5.85. The molecule has 0 heterocycles. The lowest BCUT2D eigenvalue weighted by molar-refractivity contribution is -0.157. The highest BCUT2D eigenvalue weighted by atomic mass is 19.1. The zero-order valence-electron chi connectivity index (χ0n) is 11.8. The number of para-hydroxylation sites is 1. The molecule has 112 valence electrons. The second kappa shape index (κ2) is 7.02. The highest BCUT2D eigenvalue weighted by Gasteiger charge is 2.25.